The maximum atomic E-state index is 5.81. The highest BCUT2D eigenvalue weighted by molar-refractivity contribution is 5.91. The molecule has 2 aromatic rings. The molecule has 1 aromatic heterocycles. The van der Waals surface area contributed by atoms with Crippen molar-refractivity contribution in [3.8, 4) is 0 Å². The predicted molar refractivity (Wildman–Crippen MR) is 80.0 cm³/mol. The third-order valence-electron chi connectivity index (χ3n) is 4.98. The fraction of sp³-hybridized carbons (Fsp3) is 0.500. The number of fused-ring (bicyclic) bond motifs is 3. The zero-order valence-electron chi connectivity index (χ0n) is 11.4. The van der Waals surface area contributed by atoms with Gasteiger partial charge in [-0.15, -0.1) is 0 Å². The lowest BCUT2D eigenvalue weighted by Gasteiger charge is -2.40. The second-order valence-corrected chi connectivity index (χ2v) is 6.09. The lowest BCUT2D eigenvalue weighted by atomic mass is 9.84. The van der Waals surface area contributed by atoms with E-state index >= 15 is 0 Å². The Labute approximate surface area is 113 Å². The van der Waals surface area contributed by atoms with E-state index in [2.05, 4.69) is 35.0 Å². The van der Waals surface area contributed by atoms with Crippen molar-refractivity contribution < 1.29 is 0 Å². The topological polar surface area (TPSA) is 45.1 Å². The summed E-state index contributed by atoms with van der Waals surface area (Å²) in [5.41, 5.74) is 10.0. The van der Waals surface area contributed by atoms with Crippen LogP contribution in [0.15, 0.2) is 18.2 Å². The van der Waals surface area contributed by atoms with Crippen molar-refractivity contribution in [2.45, 2.75) is 31.6 Å². The van der Waals surface area contributed by atoms with Gasteiger partial charge in [-0.25, -0.2) is 0 Å². The highest BCUT2D eigenvalue weighted by Crippen LogP contribution is 2.46. The van der Waals surface area contributed by atoms with Crippen LogP contribution in [-0.4, -0.2) is 24.6 Å². The Kier molecular flexibility index (Phi) is 2.39. The van der Waals surface area contributed by atoms with E-state index in [1.807, 2.05) is 0 Å². The molecule has 0 saturated carbocycles. The van der Waals surface area contributed by atoms with E-state index in [0.29, 0.717) is 12.5 Å². The maximum Gasteiger partial charge on any atom is 0.110 e. The summed E-state index contributed by atoms with van der Waals surface area (Å²) in [5, 5.41) is 1.43. The van der Waals surface area contributed by atoms with Crippen LogP contribution in [-0.2, 0) is 0 Å². The Morgan fingerprint density at radius 1 is 1.37 bits per heavy atom. The summed E-state index contributed by atoms with van der Waals surface area (Å²) in [6, 6.07) is 6.82. The Bertz CT molecular complexity index is 620. The van der Waals surface area contributed by atoms with E-state index < -0.39 is 0 Å². The SMILES string of the molecule is CC(CN)c1ccc2[nH]c3c(c2c1)C1CCN3CC1. The highest BCUT2D eigenvalue weighted by atomic mass is 15.2. The number of hydrogen-bond acceptors (Lipinski definition) is 2. The number of anilines is 1. The van der Waals surface area contributed by atoms with Gasteiger partial charge in [0.2, 0.25) is 0 Å². The molecule has 0 radical (unpaired) electrons. The van der Waals surface area contributed by atoms with Crippen molar-refractivity contribution in [2.24, 2.45) is 5.73 Å². The normalized spacial score (nSPS) is 20.0. The van der Waals surface area contributed by atoms with Crippen molar-refractivity contribution in [3.05, 3.63) is 29.3 Å². The van der Waals surface area contributed by atoms with E-state index in [9.17, 15) is 0 Å². The molecule has 1 unspecified atom stereocenters. The van der Waals surface area contributed by atoms with Crippen LogP contribution >= 0.6 is 0 Å². The minimum atomic E-state index is 0.441. The van der Waals surface area contributed by atoms with Crippen LogP contribution < -0.4 is 10.6 Å². The predicted octanol–water partition coefficient (Wildman–Crippen LogP) is 2.93. The number of aromatic nitrogens is 1. The first-order valence-corrected chi connectivity index (χ1v) is 7.38. The van der Waals surface area contributed by atoms with Gasteiger partial charge in [0.15, 0.2) is 0 Å². The third-order valence-corrected chi connectivity index (χ3v) is 4.98. The number of nitrogens with one attached hydrogen (secondary N) is 1. The smallest absolute Gasteiger partial charge is 0.110 e. The van der Waals surface area contributed by atoms with Gasteiger partial charge < -0.3 is 15.6 Å². The molecule has 0 spiro atoms. The first kappa shape index (κ1) is 11.4. The van der Waals surface area contributed by atoms with Crippen LogP contribution in [0.3, 0.4) is 0 Å². The Morgan fingerprint density at radius 3 is 2.89 bits per heavy atom. The Morgan fingerprint density at radius 2 is 2.16 bits per heavy atom. The van der Waals surface area contributed by atoms with Crippen LogP contribution in [0.5, 0.6) is 0 Å². The summed E-state index contributed by atoms with van der Waals surface area (Å²) in [6.07, 6.45) is 2.63. The molecule has 3 nitrogen and oxygen atoms in total. The van der Waals surface area contributed by atoms with Gasteiger partial charge >= 0.3 is 0 Å². The second-order valence-electron chi connectivity index (χ2n) is 6.09. The van der Waals surface area contributed by atoms with Crippen molar-refractivity contribution in [2.75, 3.05) is 24.5 Å². The van der Waals surface area contributed by atoms with Crippen LogP contribution in [0.25, 0.3) is 10.9 Å². The average Bonchev–Trinajstić information content (AvgIpc) is 2.88. The number of hydrogen-bond donors (Lipinski definition) is 2. The largest absolute Gasteiger partial charge is 0.358 e. The molecule has 3 aliphatic rings. The molecule has 3 aliphatic heterocycles. The number of benzene rings is 1. The molecule has 5 rings (SSSR count). The molecule has 1 fully saturated rings. The standard InChI is InChI=1S/C16H21N3/c1-10(9-17)12-2-3-14-13(8-12)15-11-4-6-19(7-5-11)16(15)18-14/h2-3,8,10-11,18H,4-7,9,17H2,1H3. The van der Waals surface area contributed by atoms with Crippen LogP contribution in [0.1, 0.15) is 42.7 Å². The van der Waals surface area contributed by atoms with Crippen molar-refractivity contribution >= 4 is 16.7 Å². The third kappa shape index (κ3) is 1.54. The number of piperidine rings is 1. The molecule has 19 heavy (non-hydrogen) atoms. The zero-order chi connectivity index (χ0) is 13.0. The summed E-state index contributed by atoms with van der Waals surface area (Å²) in [4.78, 5) is 6.14. The molecule has 0 amide bonds. The number of rotatable bonds is 2. The molecular formula is C16H21N3. The number of aromatic amines is 1. The molecule has 1 saturated heterocycles. The second kappa shape index (κ2) is 4.01. The van der Waals surface area contributed by atoms with E-state index in [0.717, 1.165) is 5.92 Å². The summed E-state index contributed by atoms with van der Waals surface area (Å²) < 4.78 is 0. The van der Waals surface area contributed by atoms with Gasteiger partial charge in [-0.05, 0) is 48.9 Å². The van der Waals surface area contributed by atoms with Gasteiger partial charge in [-0.2, -0.15) is 0 Å². The molecule has 100 valence electrons. The molecule has 1 atom stereocenters. The summed E-state index contributed by atoms with van der Waals surface area (Å²) >= 11 is 0. The van der Waals surface area contributed by atoms with Gasteiger partial charge in [0.1, 0.15) is 5.82 Å². The fourth-order valence-corrected chi connectivity index (χ4v) is 3.71. The minimum absolute atomic E-state index is 0.441. The molecule has 2 bridgehead atoms. The number of H-pyrrole nitrogens is 1. The Balaban J connectivity index is 1.92. The van der Waals surface area contributed by atoms with E-state index in [1.165, 1.54) is 48.2 Å². The Hall–Kier alpha value is -1.48. The van der Waals surface area contributed by atoms with Crippen molar-refractivity contribution in [1.82, 2.24) is 4.98 Å². The lowest BCUT2D eigenvalue weighted by Crippen LogP contribution is -2.38. The number of nitrogens with zero attached hydrogens (tertiary/aromatic N) is 1. The molecule has 4 heterocycles. The van der Waals surface area contributed by atoms with Crippen molar-refractivity contribution in [3.63, 3.8) is 0 Å². The maximum absolute atomic E-state index is 5.81. The molecule has 3 N–H and O–H groups in total. The van der Waals surface area contributed by atoms with Crippen molar-refractivity contribution in [1.29, 1.82) is 0 Å². The summed E-state index contributed by atoms with van der Waals surface area (Å²) in [7, 11) is 0. The van der Waals surface area contributed by atoms with E-state index in [4.69, 9.17) is 5.73 Å². The monoisotopic (exact) mass is 255 g/mol. The average molecular weight is 255 g/mol. The minimum Gasteiger partial charge on any atom is -0.358 e. The molecule has 1 aromatic carbocycles. The van der Waals surface area contributed by atoms with Gasteiger partial charge in [0, 0.05) is 29.6 Å². The highest BCUT2D eigenvalue weighted by Gasteiger charge is 2.33. The van der Waals surface area contributed by atoms with E-state index in [-0.39, 0.29) is 0 Å². The lowest BCUT2D eigenvalue weighted by molar-refractivity contribution is 0.475. The zero-order valence-corrected chi connectivity index (χ0v) is 11.4. The summed E-state index contributed by atoms with van der Waals surface area (Å²) in [5.74, 6) is 2.59. The van der Waals surface area contributed by atoms with Crippen LogP contribution in [0.4, 0.5) is 5.82 Å². The first-order chi connectivity index (χ1) is 9.28. The van der Waals surface area contributed by atoms with Crippen LogP contribution in [0.2, 0.25) is 0 Å². The first-order valence-electron chi connectivity index (χ1n) is 7.38. The molecule has 3 heteroatoms. The van der Waals surface area contributed by atoms with Gasteiger partial charge in [-0.1, -0.05) is 13.0 Å². The molecular weight excluding hydrogens is 234 g/mol. The van der Waals surface area contributed by atoms with Crippen LogP contribution in [0, 0.1) is 0 Å². The van der Waals surface area contributed by atoms with Gasteiger partial charge in [0.05, 0.1) is 0 Å². The fourth-order valence-electron chi connectivity index (χ4n) is 3.71. The summed E-state index contributed by atoms with van der Waals surface area (Å²) in [6.45, 7) is 5.36. The number of nitrogens with two attached hydrogens (primary N) is 1. The molecule has 0 aliphatic carbocycles. The quantitative estimate of drug-likeness (QED) is 0.866. The van der Waals surface area contributed by atoms with E-state index in [1.54, 1.807) is 5.56 Å². The van der Waals surface area contributed by atoms with Gasteiger partial charge in [0.25, 0.3) is 0 Å². The van der Waals surface area contributed by atoms with Gasteiger partial charge in [-0.3, -0.25) is 0 Å².